The zero-order valence-electron chi connectivity index (χ0n) is 16.0. The molecule has 0 aromatic carbocycles. The van der Waals surface area contributed by atoms with Gasteiger partial charge >= 0.3 is 0 Å². The van der Waals surface area contributed by atoms with Gasteiger partial charge in [-0.3, -0.25) is 0 Å². The number of aliphatic hydroxyl groups excluding tert-OH is 8. The van der Waals surface area contributed by atoms with Crippen molar-refractivity contribution in [1.29, 1.82) is 0 Å². The second-order valence-corrected chi connectivity index (χ2v) is 15.8. The molecule has 0 saturated carbocycles. The molecule has 0 rings (SSSR count). The van der Waals surface area contributed by atoms with Crippen molar-refractivity contribution in [3.63, 3.8) is 0 Å². The summed E-state index contributed by atoms with van der Waals surface area (Å²) in [5.74, 6) is 0. The molecular weight excluding hydrogens is 685 g/mol. The van der Waals surface area contributed by atoms with Gasteiger partial charge in [0.15, 0.2) is 50.8 Å². The van der Waals surface area contributed by atoms with Crippen LogP contribution in [0.3, 0.4) is 0 Å². The van der Waals surface area contributed by atoms with Crippen LogP contribution in [0.4, 0.5) is 0 Å². The SMILES string of the molecule is OC[PH+](CO)CC[PH+](CO)CO.OC[PH+](CO)CC[PH+](CO)CO.[Cl-].[Cl-].[O-2].[O-2].[Re]. The average molecular weight is 721 g/mol. The van der Waals surface area contributed by atoms with E-state index in [1.165, 1.54) is 0 Å². The van der Waals surface area contributed by atoms with E-state index in [-0.39, 0.29) is 107 Å². The van der Waals surface area contributed by atoms with E-state index >= 15 is 0 Å². The molecule has 0 aromatic rings. The third kappa shape index (κ3) is 30.6. The molecule has 1 radical (unpaired) electrons. The quantitative estimate of drug-likeness (QED) is 0.0805. The molecule has 0 saturated heterocycles. The molecule has 0 heterocycles. The van der Waals surface area contributed by atoms with E-state index in [0.29, 0.717) is 0 Å². The number of rotatable bonds is 14. The number of hydrogen-bond acceptors (Lipinski definition) is 8. The summed E-state index contributed by atoms with van der Waals surface area (Å²) in [6.45, 7) is 0. The molecule has 0 atom stereocenters. The van der Waals surface area contributed by atoms with Gasteiger partial charge in [0, 0.05) is 20.4 Å². The Morgan fingerprint density at radius 1 is 0.345 bits per heavy atom. The van der Waals surface area contributed by atoms with Crippen molar-refractivity contribution in [2.75, 3.05) is 75.4 Å². The van der Waals surface area contributed by atoms with E-state index in [4.69, 9.17) is 40.9 Å². The van der Waals surface area contributed by atoms with Crippen LogP contribution in [0.1, 0.15) is 0 Å². The molecule has 0 fully saturated rings. The van der Waals surface area contributed by atoms with Crippen molar-refractivity contribution in [3.05, 3.63) is 0 Å². The van der Waals surface area contributed by atoms with Crippen LogP contribution in [0.5, 0.6) is 0 Å². The number of halogens is 2. The Bertz CT molecular complexity index is 211. The van der Waals surface area contributed by atoms with Crippen LogP contribution in [0.15, 0.2) is 0 Å². The van der Waals surface area contributed by atoms with Gasteiger partial charge in [-0.1, -0.05) is 0 Å². The molecule has 187 valence electrons. The third-order valence-corrected chi connectivity index (χ3v) is 11.9. The zero-order chi connectivity index (χ0) is 18.8. The Kier molecular flexibility index (Phi) is 63.8. The summed E-state index contributed by atoms with van der Waals surface area (Å²) < 4.78 is 0. The van der Waals surface area contributed by atoms with Gasteiger partial charge in [0.2, 0.25) is 0 Å². The average Bonchev–Trinajstić information content (AvgIpc) is 2.63. The van der Waals surface area contributed by atoms with Crippen molar-refractivity contribution in [1.82, 2.24) is 0 Å². The van der Waals surface area contributed by atoms with Crippen molar-refractivity contribution in [2.45, 2.75) is 0 Å². The van der Waals surface area contributed by atoms with Crippen molar-refractivity contribution in [2.24, 2.45) is 0 Å². The van der Waals surface area contributed by atoms with Crippen LogP contribution < -0.4 is 24.8 Å². The van der Waals surface area contributed by atoms with Crippen molar-refractivity contribution < 1.29 is 97.0 Å². The maximum absolute atomic E-state index is 8.76. The summed E-state index contributed by atoms with van der Waals surface area (Å²) in [5, 5.41) is 70.0. The van der Waals surface area contributed by atoms with Gasteiger partial charge in [-0.25, -0.2) is 0 Å². The van der Waals surface area contributed by atoms with Crippen LogP contribution in [-0.4, -0.2) is 116 Å². The predicted octanol–water partition coefficient (Wildman–Crippen LogP) is -7.80. The fourth-order valence-corrected chi connectivity index (χ4v) is 8.86. The molecule has 17 heteroatoms. The molecule has 0 aliphatic rings. The van der Waals surface area contributed by atoms with Crippen molar-refractivity contribution in [3.8, 4) is 0 Å². The van der Waals surface area contributed by atoms with E-state index in [1.807, 2.05) is 0 Å². The maximum Gasteiger partial charge on any atom is 0.154 e. The fourth-order valence-electron chi connectivity index (χ4n) is 1.54. The Morgan fingerprint density at radius 3 is 0.517 bits per heavy atom. The first-order chi connectivity index (χ1) is 11.6. The topological polar surface area (TPSA) is 219 Å². The minimum absolute atomic E-state index is 0. The van der Waals surface area contributed by atoms with E-state index in [0.717, 1.165) is 24.6 Å². The molecule has 29 heavy (non-hydrogen) atoms. The maximum atomic E-state index is 8.76. The Labute approximate surface area is 203 Å². The molecule has 0 bridgehead atoms. The van der Waals surface area contributed by atoms with Crippen LogP contribution in [0.2, 0.25) is 0 Å². The van der Waals surface area contributed by atoms with Gasteiger partial charge in [0.05, 0.1) is 56.3 Å². The zero-order valence-corrected chi connectivity index (χ0v) is 24.2. The standard InChI is InChI=1S/2C6H16O4P2.2ClH.2O.Re/c2*7-3-11(4-8)1-2-12(5-9)6-10;;;;;/h2*7-10H,1-6H2;2*1H;;;/q;;;;2*-2;/p+2. The van der Waals surface area contributed by atoms with Gasteiger partial charge < -0.3 is 76.6 Å². The molecule has 0 aliphatic carbocycles. The number of hydrogen-bond donors (Lipinski definition) is 8. The predicted molar refractivity (Wildman–Crippen MR) is 111 cm³/mol. The van der Waals surface area contributed by atoms with Crippen LogP contribution in [0.25, 0.3) is 0 Å². The molecular formula is C12H36Cl2O10P4Re-2. The van der Waals surface area contributed by atoms with E-state index in [1.54, 1.807) is 0 Å². The summed E-state index contributed by atoms with van der Waals surface area (Å²) in [4.78, 5) is 0. The summed E-state index contributed by atoms with van der Waals surface area (Å²) in [7, 11) is -4.10. The fraction of sp³-hybridized carbons (Fsp3) is 1.00. The summed E-state index contributed by atoms with van der Waals surface area (Å²) in [5.41, 5.74) is 0. The Morgan fingerprint density at radius 2 is 0.448 bits per heavy atom. The molecule has 0 aliphatic heterocycles. The van der Waals surface area contributed by atoms with E-state index in [9.17, 15) is 0 Å². The minimum atomic E-state index is -1.02. The molecule has 0 amide bonds. The second-order valence-electron chi connectivity index (χ2n) is 5.26. The van der Waals surface area contributed by atoms with Gasteiger partial charge in [-0.2, -0.15) is 0 Å². The van der Waals surface area contributed by atoms with Crippen LogP contribution in [0, 0.1) is 0 Å². The van der Waals surface area contributed by atoms with Gasteiger partial charge in [0.1, 0.15) is 0 Å². The first-order valence-corrected chi connectivity index (χ1v) is 16.3. The first kappa shape index (κ1) is 48.9. The molecule has 8 N–H and O–H groups in total. The van der Waals surface area contributed by atoms with Crippen molar-refractivity contribution >= 4 is 31.7 Å². The van der Waals surface area contributed by atoms with Gasteiger partial charge in [-0.15, -0.1) is 0 Å². The normalized spacial score (nSPS) is 9.52. The van der Waals surface area contributed by atoms with E-state index < -0.39 is 31.7 Å². The minimum Gasteiger partial charge on any atom is -2.00 e. The molecule has 0 spiro atoms. The largest absolute Gasteiger partial charge is 2.00 e. The first-order valence-electron chi connectivity index (χ1n) is 7.77. The summed E-state index contributed by atoms with van der Waals surface area (Å²) in [6, 6.07) is 0. The van der Waals surface area contributed by atoms with Gasteiger partial charge in [-0.05, 0) is 0 Å². The Hall–Kier alpha value is 2.56. The van der Waals surface area contributed by atoms with Crippen LogP contribution >= 0.6 is 31.7 Å². The summed E-state index contributed by atoms with van der Waals surface area (Å²) >= 11 is 0. The monoisotopic (exact) mass is 721 g/mol. The number of aliphatic hydroxyl groups is 8. The van der Waals surface area contributed by atoms with Gasteiger partial charge in [0.25, 0.3) is 0 Å². The molecule has 10 nitrogen and oxygen atoms in total. The summed E-state index contributed by atoms with van der Waals surface area (Å²) in [6.07, 6.45) is 3.75. The van der Waals surface area contributed by atoms with Crippen LogP contribution in [-0.2, 0) is 31.4 Å². The Balaban J connectivity index is -0.0000000569. The third-order valence-electron chi connectivity index (χ3n) is 3.45. The smallest absolute Gasteiger partial charge is 0.154 e. The molecule has 0 unspecified atom stereocenters. The van der Waals surface area contributed by atoms with E-state index in [2.05, 4.69) is 0 Å². The second kappa shape index (κ2) is 37.9. The molecule has 0 aromatic heterocycles.